The van der Waals surface area contributed by atoms with Crippen molar-refractivity contribution < 1.29 is 4.74 Å². The molecule has 2 heteroatoms. The highest BCUT2D eigenvalue weighted by Crippen LogP contribution is 2.16. The van der Waals surface area contributed by atoms with Crippen LogP contribution in [-0.2, 0) is 4.74 Å². The number of anilines is 1. The zero-order valence-corrected chi connectivity index (χ0v) is 10.7. The van der Waals surface area contributed by atoms with Crippen LogP contribution < -0.4 is 4.90 Å². The van der Waals surface area contributed by atoms with Crippen LogP contribution in [0, 0.1) is 6.92 Å². The summed E-state index contributed by atoms with van der Waals surface area (Å²) in [6.45, 7) is 10.1. The van der Waals surface area contributed by atoms with E-state index in [0.717, 1.165) is 26.3 Å². The molecular formula is C14H23NO. The van der Waals surface area contributed by atoms with Crippen molar-refractivity contribution in [2.24, 2.45) is 0 Å². The molecule has 0 aliphatic carbocycles. The molecule has 1 saturated heterocycles. The number of hydrogen-bond donors (Lipinski definition) is 0. The second-order valence-corrected chi connectivity index (χ2v) is 4.15. The predicted octanol–water partition coefficient (Wildman–Crippen LogP) is 3.25. The molecule has 1 heterocycles. The fraction of sp³-hybridized carbons (Fsp3) is 0.571. The molecule has 0 aromatic heterocycles. The van der Waals surface area contributed by atoms with E-state index in [9.17, 15) is 0 Å². The van der Waals surface area contributed by atoms with Gasteiger partial charge in [0.05, 0.1) is 13.2 Å². The summed E-state index contributed by atoms with van der Waals surface area (Å²) in [7, 11) is 0. The van der Waals surface area contributed by atoms with Crippen LogP contribution >= 0.6 is 0 Å². The van der Waals surface area contributed by atoms with E-state index in [1.807, 2.05) is 0 Å². The number of nitrogens with zero attached hydrogens (tertiary/aromatic N) is 1. The number of ether oxygens (including phenoxy) is 1. The normalized spacial score (nSPS) is 15.3. The van der Waals surface area contributed by atoms with Crippen molar-refractivity contribution >= 4 is 5.69 Å². The highest BCUT2D eigenvalue weighted by atomic mass is 16.5. The number of rotatable bonds is 1. The molecule has 1 aliphatic heterocycles. The lowest BCUT2D eigenvalue weighted by molar-refractivity contribution is 0.122. The molecule has 0 spiro atoms. The minimum absolute atomic E-state index is 0.855. The highest BCUT2D eigenvalue weighted by Gasteiger charge is 2.10. The van der Waals surface area contributed by atoms with E-state index in [0.29, 0.717) is 0 Å². The smallest absolute Gasteiger partial charge is 0.0642 e. The Balaban J connectivity index is 0.000000386. The molecule has 1 fully saturated rings. The summed E-state index contributed by atoms with van der Waals surface area (Å²) in [4.78, 5) is 2.37. The van der Waals surface area contributed by atoms with E-state index in [1.165, 1.54) is 17.7 Å². The zero-order chi connectivity index (χ0) is 11.8. The van der Waals surface area contributed by atoms with Crippen LogP contribution in [0.5, 0.6) is 0 Å². The van der Waals surface area contributed by atoms with E-state index in [2.05, 4.69) is 49.9 Å². The lowest BCUT2D eigenvalue weighted by Crippen LogP contribution is -2.36. The van der Waals surface area contributed by atoms with Crippen LogP contribution in [0.3, 0.4) is 0 Å². The summed E-state index contributed by atoms with van der Waals surface area (Å²) in [5.74, 6) is 0. The van der Waals surface area contributed by atoms with Crippen LogP contribution in [0.4, 0.5) is 5.69 Å². The topological polar surface area (TPSA) is 12.5 Å². The maximum atomic E-state index is 5.31. The summed E-state index contributed by atoms with van der Waals surface area (Å²) >= 11 is 0. The van der Waals surface area contributed by atoms with Gasteiger partial charge in [0.2, 0.25) is 0 Å². The number of morpholine rings is 1. The minimum atomic E-state index is 0.855. The van der Waals surface area contributed by atoms with Gasteiger partial charge in [-0.25, -0.2) is 0 Å². The van der Waals surface area contributed by atoms with Crippen LogP contribution in [0.25, 0.3) is 0 Å². The average Bonchev–Trinajstić information content (AvgIpc) is 2.31. The Kier molecular flexibility index (Phi) is 5.94. The van der Waals surface area contributed by atoms with Crippen LogP contribution in [0.15, 0.2) is 24.3 Å². The quantitative estimate of drug-likeness (QED) is 0.722. The molecule has 1 aromatic rings. The minimum Gasteiger partial charge on any atom is -0.378 e. The number of benzene rings is 1. The third-order valence-electron chi connectivity index (χ3n) is 2.38. The fourth-order valence-electron chi connectivity index (χ4n) is 1.65. The SMILES string of the molecule is CCC.Cc1cccc(N2CCOCC2)c1. The highest BCUT2D eigenvalue weighted by molar-refractivity contribution is 5.48. The van der Waals surface area contributed by atoms with Crippen molar-refractivity contribution in [1.82, 2.24) is 0 Å². The Morgan fingerprint density at radius 3 is 2.38 bits per heavy atom. The number of aryl methyl sites for hydroxylation is 1. The molecule has 0 atom stereocenters. The summed E-state index contributed by atoms with van der Waals surface area (Å²) in [5, 5.41) is 0. The van der Waals surface area contributed by atoms with Gasteiger partial charge in [-0.05, 0) is 24.6 Å². The second-order valence-electron chi connectivity index (χ2n) is 4.15. The first-order chi connectivity index (χ1) is 7.77. The van der Waals surface area contributed by atoms with Crippen molar-refractivity contribution in [2.45, 2.75) is 27.2 Å². The van der Waals surface area contributed by atoms with E-state index in [1.54, 1.807) is 0 Å². The molecule has 90 valence electrons. The standard InChI is InChI=1S/C11H15NO.C3H8/c1-10-3-2-4-11(9-10)12-5-7-13-8-6-12;1-3-2/h2-4,9H,5-8H2,1H3;3H2,1-2H3. The van der Waals surface area contributed by atoms with Gasteiger partial charge >= 0.3 is 0 Å². The maximum Gasteiger partial charge on any atom is 0.0642 e. The first-order valence-corrected chi connectivity index (χ1v) is 6.17. The van der Waals surface area contributed by atoms with Crippen LogP contribution in [-0.4, -0.2) is 26.3 Å². The van der Waals surface area contributed by atoms with Gasteiger partial charge in [0.25, 0.3) is 0 Å². The first kappa shape index (κ1) is 13.0. The Morgan fingerprint density at radius 2 is 1.81 bits per heavy atom. The van der Waals surface area contributed by atoms with Crippen molar-refractivity contribution in [1.29, 1.82) is 0 Å². The lowest BCUT2D eigenvalue weighted by atomic mass is 10.2. The molecule has 2 rings (SSSR count). The monoisotopic (exact) mass is 221 g/mol. The van der Waals surface area contributed by atoms with E-state index >= 15 is 0 Å². The fourth-order valence-corrected chi connectivity index (χ4v) is 1.65. The van der Waals surface area contributed by atoms with Gasteiger partial charge in [-0.3, -0.25) is 0 Å². The van der Waals surface area contributed by atoms with E-state index in [-0.39, 0.29) is 0 Å². The summed E-state index contributed by atoms with van der Waals surface area (Å²) in [5.41, 5.74) is 2.65. The van der Waals surface area contributed by atoms with Crippen molar-refractivity contribution in [3.63, 3.8) is 0 Å². The Bertz CT molecular complexity index is 293. The number of hydrogen-bond acceptors (Lipinski definition) is 2. The Hall–Kier alpha value is -1.02. The maximum absolute atomic E-state index is 5.31. The van der Waals surface area contributed by atoms with Crippen molar-refractivity contribution in [3.8, 4) is 0 Å². The van der Waals surface area contributed by atoms with Gasteiger partial charge < -0.3 is 9.64 Å². The molecule has 0 N–H and O–H groups in total. The molecule has 1 aromatic carbocycles. The summed E-state index contributed by atoms with van der Waals surface area (Å²) in [6, 6.07) is 8.63. The van der Waals surface area contributed by atoms with Crippen LogP contribution in [0.2, 0.25) is 0 Å². The van der Waals surface area contributed by atoms with E-state index < -0.39 is 0 Å². The third-order valence-corrected chi connectivity index (χ3v) is 2.38. The van der Waals surface area contributed by atoms with Gasteiger partial charge in [0, 0.05) is 18.8 Å². The van der Waals surface area contributed by atoms with Crippen molar-refractivity contribution in [3.05, 3.63) is 29.8 Å². The molecule has 2 nitrogen and oxygen atoms in total. The van der Waals surface area contributed by atoms with Crippen LogP contribution in [0.1, 0.15) is 25.8 Å². The Morgan fingerprint density at radius 1 is 1.19 bits per heavy atom. The second kappa shape index (κ2) is 7.29. The largest absolute Gasteiger partial charge is 0.378 e. The predicted molar refractivity (Wildman–Crippen MR) is 70.2 cm³/mol. The molecule has 0 bridgehead atoms. The molecule has 0 radical (unpaired) electrons. The third kappa shape index (κ3) is 4.23. The van der Waals surface area contributed by atoms with Gasteiger partial charge in [-0.1, -0.05) is 32.4 Å². The van der Waals surface area contributed by atoms with Gasteiger partial charge in [0.1, 0.15) is 0 Å². The Labute approximate surface area is 99.2 Å². The molecule has 0 amide bonds. The van der Waals surface area contributed by atoms with Gasteiger partial charge in [0.15, 0.2) is 0 Å². The lowest BCUT2D eigenvalue weighted by Gasteiger charge is -2.29. The molecule has 0 saturated carbocycles. The summed E-state index contributed by atoms with van der Waals surface area (Å²) in [6.07, 6.45) is 1.25. The van der Waals surface area contributed by atoms with Gasteiger partial charge in [-0.2, -0.15) is 0 Å². The molecule has 16 heavy (non-hydrogen) atoms. The first-order valence-electron chi connectivity index (χ1n) is 6.17. The molecule has 0 unspecified atom stereocenters. The van der Waals surface area contributed by atoms with Crippen molar-refractivity contribution in [2.75, 3.05) is 31.2 Å². The average molecular weight is 221 g/mol. The molecular weight excluding hydrogens is 198 g/mol. The van der Waals surface area contributed by atoms with E-state index in [4.69, 9.17) is 4.74 Å². The zero-order valence-electron chi connectivity index (χ0n) is 10.7. The molecule has 1 aliphatic rings. The van der Waals surface area contributed by atoms with Gasteiger partial charge in [-0.15, -0.1) is 0 Å². The summed E-state index contributed by atoms with van der Waals surface area (Å²) < 4.78 is 5.31.